The molecule has 6 heteroatoms. The quantitative estimate of drug-likeness (QED) is 0.373. The van der Waals surface area contributed by atoms with Crippen molar-refractivity contribution in [3.05, 3.63) is 83.8 Å². The predicted molar refractivity (Wildman–Crippen MR) is 148 cm³/mol. The number of likely N-dealkylation sites (tertiary alicyclic amines) is 1. The number of fused-ring (bicyclic) bond motifs is 1. The third-order valence-electron chi connectivity index (χ3n) is 6.76. The Morgan fingerprint density at radius 1 is 1.08 bits per heavy atom. The number of benzene rings is 1. The first-order valence-electron chi connectivity index (χ1n) is 12.7. The molecule has 0 atom stereocenters. The molecule has 0 radical (unpaired) electrons. The van der Waals surface area contributed by atoms with E-state index in [2.05, 4.69) is 44.6 Å². The second-order valence-electron chi connectivity index (χ2n) is 9.28. The lowest BCUT2D eigenvalue weighted by Crippen LogP contribution is -2.31. The van der Waals surface area contributed by atoms with Crippen LogP contribution < -0.4 is 21.0 Å². The first kappa shape index (κ1) is 23.8. The number of allylic oxidation sites excluding steroid dienone is 1. The van der Waals surface area contributed by atoms with E-state index in [1.165, 1.54) is 32.4 Å². The number of hydrogen-bond donors (Lipinski definition) is 2. The fourth-order valence-electron chi connectivity index (χ4n) is 4.77. The van der Waals surface area contributed by atoms with Crippen molar-refractivity contribution in [3.8, 4) is 16.9 Å². The summed E-state index contributed by atoms with van der Waals surface area (Å²) < 4.78 is 6.00. The molecule has 5 rings (SSSR count). The van der Waals surface area contributed by atoms with E-state index >= 15 is 0 Å². The van der Waals surface area contributed by atoms with Gasteiger partial charge < -0.3 is 20.4 Å². The summed E-state index contributed by atoms with van der Waals surface area (Å²) >= 11 is 0. The van der Waals surface area contributed by atoms with Gasteiger partial charge >= 0.3 is 0 Å². The molecule has 1 aliphatic rings. The molecule has 0 unspecified atom stereocenters. The van der Waals surface area contributed by atoms with Crippen LogP contribution in [0.5, 0.6) is 5.75 Å². The van der Waals surface area contributed by atoms with Crippen molar-refractivity contribution in [1.82, 2.24) is 19.9 Å². The van der Waals surface area contributed by atoms with Crippen LogP contribution in [0, 0.1) is 0 Å². The summed E-state index contributed by atoms with van der Waals surface area (Å²) in [6.45, 7) is 8.55. The van der Waals surface area contributed by atoms with Crippen LogP contribution in [0.25, 0.3) is 40.0 Å². The molecule has 0 aliphatic carbocycles. The number of aromatic amines is 1. The van der Waals surface area contributed by atoms with E-state index < -0.39 is 0 Å². The number of pyridine rings is 2. The van der Waals surface area contributed by atoms with Crippen molar-refractivity contribution in [2.45, 2.75) is 25.7 Å². The molecule has 6 nitrogen and oxygen atoms in total. The Bertz CT molecular complexity index is 1430. The van der Waals surface area contributed by atoms with E-state index in [-0.39, 0.29) is 0 Å². The van der Waals surface area contributed by atoms with Crippen molar-refractivity contribution in [3.63, 3.8) is 0 Å². The summed E-state index contributed by atoms with van der Waals surface area (Å²) in [5.41, 5.74) is 10.7. The monoisotopic (exact) mass is 479 g/mol. The Morgan fingerprint density at radius 2 is 1.92 bits per heavy atom. The van der Waals surface area contributed by atoms with E-state index in [9.17, 15) is 0 Å². The highest BCUT2D eigenvalue weighted by Crippen LogP contribution is 2.24. The van der Waals surface area contributed by atoms with E-state index in [1.54, 1.807) is 18.6 Å². The number of nitrogens with zero attached hydrogens (tertiary/aromatic N) is 3. The molecule has 0 saturated carbocycles. The van der Waals surface area contributed by atoms with Crippen LogP contribution in [0.3, 0.4) is 0 Å². The third kappa shape index (κ3) is 5.50. The summed E-state index contributed by atoms with van der Waals surface area (Å²) in [4.78, 5) is 14.7. The summed E-state index contributed by atoms with van der Waals surface area (Å²) in [7, 11) is 0. The topological polar surface area (TPSA) is 80.1 Å². The van der Waals surface area contributed by atoms with Gasteiger partial charge in [0.2, 0.25) is 0 Å². The van der Waals surface area contributed by atoms with Gasteiger partial charge in [-0.25, -0.2) is 4.98 Å². The lowest BCUT2D eigenvalue weighted by atomic mass is 10.0. The molecule has 4 heterocycles. The average Bonchev–Trinajstić information content (AvgIpc) is 3.29. The minimum absolute atomic E-state index is 0.741. The van der Waals surface area contributed by atoms with Crippen LogP contribution in [-0.2, 0) is 0 Å². The summed E-state index contributed by atoms with van der Waals surface area (Å²) in [5, 5.41) is 2.77. The second kappa shape index (κ2) is 11.2. The number of rotatable bonds is 8. The molecule has 3 aromatic heterocycles. The lowest BCUT2D eigenvalue weighted by molar-refractivity contribution is 0.205. The van der Waals surface area contributed by atoms with Gasteiger partial charge in [-0.1, -0.05) is 31.2 Å². The lowest BCUT2D eigenvalue weighted by Gasteiger charge is -2.26. The summed E-state index contributed by atoms with van der Waals surface area (Å²) in [5.74, 6) is 0.898. The minimum atomic E-state index is 0.741. The number of aromatic nitrogens is 3. The van der Waals surface area contributed by atoms with Crippen LogP contribution in [-0.4, -0.2) is 46.1 Å². The number of H-pyrrole nitrogens is 1. The predicted octanol–water partition coefficient (Wildman–Crippen LogP) is 4.07. The number of hydrogen-bond acceptors (Lipinski definition) is 5. The van der Waals surface area contributed by atoms with Gasteiger partial charge in [0.05, 0.1) is 12.0 Å². The molecule has 36 heavy (non-hydrogen) atoms. The molecule has 184 valence electrons. The molecule has 1 aromatic carbocycles. The molecule has 1 saturated heterocycles. The normalized spacial score (nSPS) is 15.4. The van der Waals surface area contributed by atoms with Crippen LogP contribution in [0.2, 0.25) is 0 Å². The first-order valence-corrected chi connectivity index (χ1v) is 12.7. The molecular formula is C30H33N5O. The van der Waals surface area contributed by atoms with Gasteiger partial charge in [-0.15, -0.1) is 0 Å². The molecule has 0 bridgehead atoms. The van der Waals surface area contributed by atoms with Crippen molar-refractivity contribution in [1.29, 1.82) is 0 Å². The number of nitrogens with one attached hydrogen (secondary N) is 1. The van der Waals surface area contributed by atoms with Crippen LogP contribution in [0.1, 0.15) is 31.2 Å². The maximum Gasteiger partial charge on any atom is 0.138 e. The molecule has 4 aromatic rings. The molecular weight excluding hydrogens is 446 g/mol. The zero-order valence-corrected chi connectivity index (χ0v) is 20.6. The third-order valence-corrected chi connectivity index (χ3v) is 6.76. The largest absolute Gasteiger partial charge is 0.494 e. The molecule has 1 aliphatic heterocycles. The molecule has 3 N–H and O–H groups in total. The minimum Gasteiger partial charge on any atom is -0.494 e. The highest BCUT2D eigenvalue weighted by atomic mass is 16.5. The van der Waals surface area contributed by atoms with E-state index in [1.807, 2.05) is 36.5 Å². The zero-order chi connectivity index (χ0) is 24.7. The Morgan fingerprint density at radius 3 is 2.67 bits per heavy atom. The summed E-state index contributed by atoms with van der Waals surface area (Å²) in [6, 6.07) is 14.3. The Labute approximate surface area is 211 Å². The fraction of sp³-hybridized carbons (Fsp3) is 0.267. The van der Waals surface area contributed by atoms with Gasteiger partial charge in [0.25, 0.3) is 0 Å². The van der Waals surface area contributed by atoms with Crippen molar-refractivity contribution < 1.29 is 4.74 Å². The number of nitrogens with two attached hydrogens (primary N) is 1. The number of piperidine rings is 1. The highest BCUT2D eigenvalue weighted by Gasteiger charge is 2.10. The van der Waals surface area contributed by atoms with Gasteiger partial charge in [-0.3, -0.25) is 4.98 Å². The SMILES string of the molecule is C=C(/C=c1\c(=C/N)[nH]c2ncc(-c3ccc(OCCCN4CCCCC4)cc3)cc12)c1cccnc1. The standard InChI is InChI=1S/C30H33N5O/c1-22(24-7-5-12-32-20-24)17-27-28-18-25(21-33-30(28)34-29(27)19-31)23-8-10-26(11-9-23)36-16-6-15-35-13-3-2-4-14-35/h5,7-12,17-21H,1-4,6,13-16,31H2,(H,33,34)/b27-17-,29-19+. The van der Waals surface area contributed by atoms with Crippen LogP contribution in [0.4, 0.5) is 0 Å². The Balaban J connectivity index is 1.33. The highest BCUT2D eigenvalue weighted by molar-refractivity contribution is 5.92. The second-order valence-corrected chi connectivity index (χ2v) is 9.28. The maximum atomic E-state index is 6.00. The van der Waals surface area contributed by atoms with E-state index in [0.717, 1.165) is 69.2 Å². The zero-order valence-electron chi connectivity index (χ0n) is 20.6. The van der Waals surface area contributed by atoms with Crippen molar-refractivity contribution in [2.75, 3.05) is 26.2 Å². The molecule has 1 fully saturated rings. The van der Waals surface area contributed by atoms with Gasteiger partial charge in [0.15, 0.2) is 0 Å². The van der Waals surface area contributed by atoms with Crippen molar-refractivity contribution in [2.24, 2.45) is 5.73 Å². The average molecular weight is 480 g/mol. The Kier molecular flexibility index (Phi) is 7.43. The Hall–Kier alpha value is -3.90. The first-order chi connectivity index (χ1) is 17.7. The summed E-state index contributed by atoms with van der Waals surface area (Å²) in [6.07, 6.45) is 14.1. The fourth-order valence-corrected chi connectivity index (χ4v) is 4.77. The van der Waals surface area contributed by atoms with E-state index in [4.69, 9.17) is 10.5 Å². The van der Waals surface area contributed by atoms with Crippen LogP contribution >= 0.6 is 0 Å². The maximum absolute atomic E-state index is 6.00. The molecule has 0 spiro atoms. The van der Waals surface area contributed by atoms with Gasteiger partial charge in [0.1, 0.15) is 11.4 Å². The molecule has 0 amide bonds. The number of ether oxygens (including phenoxy) is 1. The van der Waals surface area contributed by atoms with E-state index in [0.29, 0.717) is 0 Å². The van der Waals surface area contributed by atoms with Crippen molar-refractivity contribution >= 4 is 28.9 Å². The van der Waals surface area contributed by atoms with Gasteiger partial charge in [-0.05, 0) is 79.4 Å². The van der Waals surface area contributed by atoms with Gasteiger partial charge in [-0.2, -0.15) is 0 Å². The smallest absolute Gasteiger partial charge is 0.138 e. The van der Waals surface area contributed by atoms with Crippen LogP contribution in [0.15, 0.2) is 67.6 Å². The van der Waals surface area contributed by atoms with Gasteiger partial charge in [0, 0.05) is 47.5 Å².